The third-order valence-electron chi connectivity index (χ3n) is 5.74. The number of carbonyl (C=O) groups is 2. The van der Waals surface area contributed by atoms with E-state index in [0.717, 1.165) is 24.5 Å². The fourth-order valence-corrected chi connectivity index (χ4v) is 4.05. The van der Waals surface area contributed by atoms with Gasteiger partial charge in [-0.3, -0.25) is 9.59 Å². The molecule has 0 spiro atoms. The zero-order chi connectivity index (χ0) is 23.4. The molecule has 168 valence electrons. The topological polar surface area (TPSA) is 61.9 Å². The van der Waals surface area contributed by atoms with Crippen LogP contribution in [-0.4, -0.2) is 32.0 Å². The average Bonchev–Trinajstić information content (AvgIpc) is 3.10. The molecule has 0 radical (unpaired) electrons. The van der Waals surface area contributed by atoms with E-state index in [1.807, 2.05) is 42.5 Å². The van der Waals surface area contributed by atoms with Gasteiger partial charge in [0.05, 0.1) is 18.4 Å². The number of para-hydroxylation sites is 2. The summed E-state index contributed by atoms with van der Waals surface area (Å²) >= 11 is 0. The van der Waals surface area contributed by atoms with Gasteiger partial charge in [0, 0.05) is 30.0 Å². The molecule has 0 atom stereocenters. The molecule has 0 saturated carbocycles. The van der Waals surface area contributed by atoms with Crippen LogP contribution in [0.4, 0.5) is 17.1 Å². The SMILES string of the molecule is CCN(CC)c1ccc(NC2=C(c3ccccc3OC)C(=O)N(c3ccccc3)C2=O)cc1. The Balaban J connectivity index is 1.78. The first-order chi connectivity index (χ1) is 16.1. The van der Waals surface area contributed by atoms with Crippen LogP contribution in [0, 0.1) is 0 Å². The Morgan fingerprint density at radius 2 is 1.45 bits per heavy atom. The Hall–Kier alpha value is -4.06. The van der Waals surface area contributed by atoms with Crippen LogP contribution < -0.4 is 19.9 Å². The summed E-state index contributed by atoms with van der Waals surface area (Å²) in [6.07, 6.45) is 0. The van der Waals surface area contributed by atoms with Crippen molar-refractivity contribution in [3.63, 3.8) is 0 Å². The quantitative estimate of drug-likeness (QED) is 0.502. The number of methoxy groups -OCH3 is 1. The van der Waals surface area contributed by atoms with Crippen molar-refractivity contribution in [1.29, 1.82) is 0 Å². The predicted molar refractivity (Wildman–Crippen MR) is 132 cm³/mol. The number of ether oxygens (including phenoxy) is 1. The summed E-state index contributed by atoms with van der Waals surface area (Å²) in [7, 11) is 1.55. The number of benzene rings is 3. The normalized spacial score (nSPS) is 13.5. The number of carbonyl (C=O) groups excluding carboxylic acids is 2. The molecule has 3 aromatic carbocycles. The maximum Gasteiger partial charge on any atom is 0.282 e. The number of amides is 2. The number of nitrogens with one attached hydrogen (secondary N) is 1. The van der Waals surface area contributed by atoms with Crippen molar-refractivity contribution in [3.05, 3.63) is 90.1 Å². The summed E-state index contributed by atoms with van der Waals surface area (Å²) in [5.74, 6) is -0.266. The fourth-order valence-electron chi connectivity index (χ4n) is 4.05. The standard InChI is InChI=1S/C27H27N3O3/c1-4-29(5-2)20-17-15-19(16-18-20)28-25-24(22-13-9-10-14-23(22)33-3)26(31)30(27(25)32)21-11-7-6-8-12-21/h6-18,28H,4-5H2,1-3H3. The second-order valence-electron chi connectivity index (χ2n) is 7.58. The van der Waals surface area contributed by atoms with E-state index in [9.17, 15) is 9.59 Å². The predicted octanol–water partition coefficient (Wildman–Crippen LogP) is 4.94. The third-order valence-corrected chi connectivity index (χ3v) is 5.74. The lowest BCUT2D eigenvalue weighted by molar-refractivity contribution is -0.120. The first kappa shape index (κ1) is 22.1. The Kier molecular flexibility index (Phi) is 6.45. The van der Waals surface area contributed by atoms with Gasteiger partial charge in [0.25, 0.3) is 11.8 Å². The van der Waals surface area contributed by atoms with Gasteiger partial charge < -0.3 is 15.0 Å². The van der Waals surface area contributed by atoms with E-state index in [-0.39, 0.29) is 11.3 Å². The molecule has 2 amide bonds. The maximum absolute atomic E-state index is 13.6. The van der Waals surface area contributed by atoms with E-state index in [0.29, 0.717) is 17.0 Å². The number of imide groups is 1. The van der Waals surface area contributed by atoms with Crippen LogP contribution in [0.2, 0.25) is 0 Å². The van der Waals surface area contributed by atoms with Gasteiger partial charge in [-0.05, 0) is 56.3 Å². The number of hydrogen-bond donors (Lipinski definition) is 1. The van der Waals surface area contributed by atoms with E-state index >= 15 is 0 Å². The zero-order valence-corrected chi connectivity index (χ0v) is 19.0. The van der Waals surface area contributed by atoms with Crippen molar-refractivity contribution in [2.75, 3.05) is 35.3 Å². The van der Waals surface area contributed by atoms with Gasteiger partial charge in [-0.15, -0.1) is 0 Å². The number of anilines is 3. The third kappa shape index (κ3) is 4.20. The van der Waals surface area contributed by atoms with Gasteiger partial charge in [0.2, 0.25) is 0 Å². The number of rotatable bonds is 8. The monoisotopic (exact) mass is 441 g/mol. The Morgan fingerprint density at radius 1 is 0.818 bits per heavy atom. The van der Waals surface area contributed by atoms with Crippen molar-refractivity contribution >= 4 is 34.4 Å². The highest BCUT2D eigenvalue weighted by Gasteiger charge is 2.41. The molecule has 1 heterocycles. The first-order valence-corrected chi connectivity index (χ1v) is 11.0. The largest absolute Gasteiger partial charge is 0.496 e. The summed E-state index contributed by atoms with van der Waals surface area (Å²) in [6.45, 7) is 6.04. The van der Waals surface area contributed by atoms with E-state index in [1.54, 1.807) is 43.5 Å². The molecule has 33 heavy (non-hydrogen) atoms. The second-order valence-corrected chi connectivity index (χ2v) is 7.58. The average molecular weight is 442 g/mol. The Morgan fingerprint density at radius 3 is 2.09 bits per heavy atom. The molecule has 1 aliphatic rings. The van der Waals surface area contributed by atoms with Gasteiger partial charge in [-0.25, -0.2) is 4.90 Å². The highest BCUT2D eigenvalue weighted by Crippen LogP contribution is 2.37. The highest BCUT2D eigenvalue weighted by atomic mass is 16.5. The summed E-state index contributed by atoms with van der Waals surface area (Å²) in [5, 5.41) is 3.22. The van der Waals surface area contributed by atoms with Gasteiger partial charge in [0.15, 0.2) is 0 Å². The van der Waals surface area contributed by atoms with Crippen molar-refractivity contribution in [3.8, 4) is 5.75 Å². The van der Waals surface area contributed by atoms with Crippen LogP contribution in [0.25, 0.3) is 5.57 Å². The molecule has 0 bridgehead atoms. The summed E-state index contributed by atoms with van der Waals surface area (Å²) in [4.78, 5) is 30.5. The number of hydrogen-bond acceptors (Lipinski definition) is 5. The molecular weight excluding hydrogens is 414 g/mol. The summed E-state index contributed by atoms with van der Waals surface area (Å²) in [6, 6.07) is 24.0. The minimum atomic E-state index is -0.403. The molecule has 0 aliphatic carbocycles. The molecule has 6 nitrogen and oxygen atoms in total. The zero-order valence-electron chi connectivity index (χ0n) is 19.0. The molecular formula is C27H27N3O3. The lowest BCUT2D eigenvalue weighted by Gasteiger charge is -2.21. The summed E-state index contributed by atoms with van der Waals surface area (Å²) < 4.78 is 5.50. The van der Waals surface area contributed by atoms with Crippen LogP contribution >= 0.6 is 0 Å². The summed E-state index contributed by atoms with van der Waals surface area (Å²) in [5.41, 5.74) is 3.43. The maximum atomic E-state index is 13.6. The molecule has 0 saturated heterocycles. The van der Waals surface area contributed by atoms with Gasteiger partial charge in [0.1, 0.15) is 11.4 Å². The Bertz CT molecular complexity index is 1180. The van der Waals surface area contributed by atoms with E-state index < -0.39 is 11.8 Å². The molecule has 4 rings (SSSR count). The van der Waals surface area contributed by atoms with Crippen LogP contribution in [0.1, 0.15) is 19.4 Å². The molecule has 0 unspecified atom stereocenters. The molecule has 3 aromatic rings. The van der Waals surface area contributed by atoms with Crippen molar-refractivity contribution in [2.24, 2.45) is 0 Å². The number of nitrogens with zero attached hydrogens (tertiary/aromatic N) is 2. The lowest BCUT2D eigenvalue weighted by atomic mass is 10.0. The molecule has 0 fully saturated rings. The van der Waals surface area contributed by atoms with E-state index in [1.165, 1.54) is 4.90 Å². The smallest absolute Gasteiger partial charge is 0.282 e. The minimum absolute atomic E-state index is 0.226. The molecule has 1 N–H and O–H groups in total. The van der Waals surface area contributed by atoms with Gasteiger partial charge >= 0.3 is 0 Å². The van der Waals surface area contributed by atoms with Gasteiger partial charge in [-0.1, -0.05) is 36.4 Å². The van der Waals surface area contributed by atoms with Crippen LogP contribution in [0.15, 0.2) is 84.6 Å². The Labute approximate surface area is 194 Å². The van der Waals surface area contributed by atoms with E-state index in [2.05, 4.69) is 24.1 Å². The van der Waals surface area contributed by atoms with Crippen LogP contribution in [-0.2, 0) is 9.59 Å². The van der Waals surface area contributed by atoms with Crippen molar-refractivity contribution in [2.45, 2.75) is 13.8 Å². The lowest BCUT2D eigenvalue weighted by Crippen LogP contribution is -2.32. The fraction of sp³-hybridized carbons (Fsp3) is 0.185. The second kappa shape index (κ2) is 9.61. The first-order valence-electron chi connectivity index (χ1n) is 11.0. The van der Waals surface area contributed by atoms with E-state index in [4.69, 9.17) is 4.74 Å². The molecule has 0 aromatic heterocycles. The van der Waals surface area contributed by atoms with Crippen LogP contribution in [0.3, 0.4) is 0 Å². The highest BCUT2D eigenvalue weighted by molar-refractivity contribution is 6.46. The van der Waals surface area contributed by atoms with Crippen LogP contribution in [0.5, 0.6) is 5.75 Å². The molecule has 1 aliphatic heterocycles. The van der Waals surface area contributed by atoms with Crippen molar-refractivity contribution in [1.82, 2.24) is 0 Å². The van der Waals surface area contributed by atoms with Gasteiger partial charge in [-0.2, -0.15) is 0 Å². The van der Waals surface area contributed by atoms with Crippen molar-refractivity contribution < 1.29 is 14.3 Å². The minimum Gasteiger partial charge on any atom is -0.496 e. The molecule has 6 heteroatoms.